The maximum absolute atomic E-state index is 13.4. The van der Waals surface area contributed by atoms with Crippen molar-refractivity contribution in [3.8, 4) is 5.88 Å². The topological polar surface area (TPSA) is 45.7 Å². The van der Waals surface area contributed by atoms with E-state index in [1.807, 2.05) is 19.1 Å². The minimum atomic E-state index is -0.169. The van der Waals surface area contributed by atoms with Crippen molar-refractivity contribution in [2.45, 2.75) is 25.8 Å². The van der Waals surface area contributed by atoms with Gasteiger partial charge < -0.3 is 9.64 Å². The highest BCUT2D eigenvalue weighted by molar-refractivity contribution is 5.95. The molecule has 1 saturated heterocycles. The van der Waals surface area contributed by atoms with Crippen molar-refractivity contribution in [1.82, 2.24) is 9.88 Å². The second-order valence-electron chi connectivity index (χ2n) is 7.19. The van der Waals surface area contributed by atoms with Gasteiger partial charge in [-0.1, -0.05) is 6.07 Å². The Hall–Kier alpha value is -2.47. The lowest BCUT2D eigenvalue weighted by Gasteiger charge is -2.44. The van der Waals surface area contributed by atoms with E-state index in [0.717, 1.165) is 37.2 Å². The van der Waals surface area contributed by atoms with Crippen LogP contribution < -0.4 is 9.64 Å². The maximum atomic E-state index is 13.4. The quantitative estimate of drug-likeness (QED) is 0.812. The number of aryl methyl sites for hydroxylation is 1. The fourth-order valence-electron chi connectivity index (χ4n) is 4.21. The molecule has 0 N–H and O–H groups in total. The molecule has 1 aliphatic heterocycles. The average molecular weight is 369 g/mol. The molecule has 1 aromatic carbocycles. The van der Waals surface area contributed by atoms with E-state index >= 15 is 0 Å². The molecule has 4 rings (SSSR count). The van der Waals surface area contributed by atoms with Gasteiger partial charge in [-0.25, -0.2) is 9.37 Å². The molecule has 0 saturated carbocycles. The Balaban J connectivity index is 1.41. The van der Waals surface area contributed by atoms with Gasteiger partial charge >= 0.3 is 0 Å². The van der Waals surface area contributed by atoms with Gasteiger partial charge in [-0.05, 0) is 49.1 Å². The Morgan fingerprint density at radius 1 is 1.33 bits per heavy atom. The van der Waals surface area contributed by atoms with Crippen LogP contribution in [0.4, 0.5) is 10.1 Å². The lowest BCUT2D eigenvalue weighted by Crippen LogP contribution is -2.55. The number of anilines is 1. The minimum absolute atomic E-state index is 0.00319. The summed E-state index contributed by atoms with van der Waals surface area (Å²) >= 11 is 0. The zero-order valence-electron chi connectivity index (χ0n) is 15.7. The van der Waals surface area contributed by atoms with E-state index in [4.69, 9.17) is 4.74 Å². The second kappa shape index (κ2) is 7.27. The summed E-state index contributed by atoms with van der Waals surface area (Å²) < 4.78 is 18.5. The van der Waals surface area contributed by atoms with Gasteiger partial charge in [0.05, 0.1) is 24.9 Å². The molecule has 27 heavy (non-hydrogen) atoms. The SMILES string of the molecule is CCN(C(=O)C1CN(C2CCc3cc(F)ccc32)C1)c1ccc(OC)nc1. The van der Waals surface area contributed by atoms with E-state index in [9.17, 15) is 9.18 Å². The van der Waals surface area contributed by atoms with Crippen LogP contribution in [0.5, 0.6) is 5.88 Å². The molecule has 142 valence electrons. The first-order chi connectivity index (χ1) is 13.1. The van der Waals surface area contributed by atoms with Crippen molar-refractivity contribution < 1.29 is 13.9 Å². The van der Waals surface area contributed by atoms with Crippen molar-refractivity contribution in [1.29, 1.82) is 0 Å². The number of carbonyl (C=O) groups excluding carboxylic acids is 1. The van der Waals surface area contributed by atoms with Gasteiger partial charge in [0.1, 0.15) is 5.82 Å². The average Bonchev–Trinajstić information content (AvgIpc) is 3.04. The van der Waals surface area contributed by atoms with E-state index in [-0.39, 0.29) is 17.6 Å². The van der Waals surface area contributed by atoms with Crippen LogP contribution in [-0.4, -0.2) is 42.5 Å². The molecule has 1 aliphatic carbocycles. The number of carbonyl (C=O) groups is 1. The zero-order valence-corrected chi connectivity index (χ0v) is 15.7. The molecular formula is C21H24FN3O2. The molecule has 0 bridgehead atoms. The standard InChI is InChI=1S/C21H24FN3O2/c1-3-25(17-6-9-20(27-2)23-11-17)21(26)15-12-24(13-15)19-8-4-14-10-16(22)5-7-18(14)19/h5-7,9-11,15,19H,3-4,8,12-13H2,1-2H3. The number of fused-ring (bicyclic) bond motifs is 1. The van der Waals surface area contributed by atoms with Crippen molar-refractivity contribution in [2.75, 3.05) is 31.6 Å². The third-order valence-electron chi connectivity index (χ3n) is 5.67. The van der Waals surface area contributed by atoms with Crippen molar-refractivity contribution >= 4 is 11.6 Å². The van der Waals surface area contributed by atoms with Crippen molar-refractivity contribution in [3.63, 3.8) is 0 Å². The number of hydrogen-bond acceptors (Lipinski definition) is 4. The van der Waals surface area contributed by atoms with Gasteiger partial charge in [-0.3, -0.25) is 9.69 Å². The Kier molecular flexibility index (Phi) is 4.83. The molecular weight excluding hydrogens is 345 g/mol. The van der Waals surface area contributed by atoms with Gasteiger partial charge in [0, 0.05) is 31.7 Å². The number of amides is 1. The van der Waals surface area contributed by atoms with Gasteiger partial charge in [0.15, 0.2) is 0 Å². The highest BCUT2D eigenvalue weighted by Gasteiger charge is 2.41. The smallest absolute Gasteiger partial charge is 0.232 e. The summed E-state index contributed by atoms with van der Waals surface area (Å²) in [6, 6.07) is 9.03. The fraction of sp³-hybridized carbons (Fsp3) is 0.429. The number of benzene rings is 1. The van der Waals surface area contributed by atoms with Crippen LogP contribution in [-0.2, 0) is 11.2 Å². The first-order valence-electron chi connectivity index (χ1n) is 9.44. The largest absolute Gasteiger partial charge is 0.481 e. The van der Waals surface area contributed by atoms with Gasteiger partial charge in [0.25, 0.3) is 0 Å². The summed E-state index contributed by atoms with van der Waals surface area (Å²) in [5.74, 6) is 0.501. The van der Waals surface area contributed by atoms with E-state index < -0.39 is 0 Å². The summed E-state index contributed by atoms with van der Waals surface area (Å²) in [6.45, 7) is 4.08. The number of aromatic nitrogens is 1. The summed E-state index contributed by atoms with van der Waals surface area (Å²) in [5.41, 5.74) is 3.12. The lowest BCUT2D eigenvalue weighted by atomic mass is 9.93. The van der Waals surface area contributed by atoms with E-state index in [1.54, 1.807) is 30.3 Å². The molecule has 2 aliphatic rings. The first kappa shape index (κ1) is 17.9. The van der Waals surface area contributed by atoms with E-state index in [1.165, 1.54) is 11.6 Å². The maximum Gasteiger partial charge on any atom is 0.232 e. The van der Waals surface area contributed by atoms with Crippen LogP contribution in [0, 0.1) is 11.7 Å². The molecule has 0 spiro atoms. The third-order valence-corrected chi connectivity index (χ3v) is 5.67. The normalized spacial score (nSPS) is 19.4. The number of likely N-dealkylation sites (tertiary alicyclic amines) is 1. The van der Waals surface area contributed by atoms with Gasteiger partial charge in [0.2, 0.25) is 11.8 Å². The predicted octanol–water partition coefficient (Wildman–Crippen LogP) is 3.20. The zero-order chi connectivity index (χ0) is 19.0. The molecule has 6 heteroatoms. The Bertz CT molecular complexity index is 834. The molecule has 1 aromatic heterocycles. The summed E-state index contributed by atoms with van der Waals surface area (Å²) in [7, 11) is 1.57. The van der Waals surface area contributed by atoms with Crippen LogP contribution in [0.3, 0.4) is 0 Å². The van der Waals surface area contributed by atoms with Crippen molar-refractivity contribution in [2.24, 2.45) is 5.92 Å². The van der Waals surface area contributed by atoms with Crippen LogP contribution in [0.25, 0.3) is 0 Å². The third kappa shape index (κ3) is 3.30. The van der Waals surface area contributed by atoms with Crippen LogP contribution in [0.1, 0.15) is 30.5 Å². The monoisotopic (exact) mass is 369 g/mol. The van der Waals surface area contributed by atoms with Crippen LogP contribution in [0.15, 0.2) is 36.5 Å². The van der Waals surface area contributed by atoms with Gasteiger partial charge in [-0.15, -0.1) is 0 Å². The molecule has 1 fully saturated rings. The molecule has 2 aromatic rings. The Morgan fingerprint density at radius 3 is 2.81 bits per heavy atom. The molecule has 0 radical (unpaired) electrons. The number of hydrogen-bond donors (Lipinski definition) is 0. The van der Waals surface area contributed by atoms with Crippen LogP contribution in [0.2, 0.25) is 0 Å². The Labute approximate surface area is 158 Å². The predicted molar refractivity (Wildman–Crippen MR) is 101 cm³/mol. The first-order valence-corrected chi connectivity index (χ1v) is 9.44. The summed E-state index contributed by atoms with van der Waals surface area (Å²) in [4.78, 5) is 21.3. The Morgan fingerprint density at radius 2 is 2.15 bits per heavy atom. The number of rotatable bonds is 5. The molecule has 1 atom stereocenters. The molecule has 2 heterocycles. The fourth-order valence-corrected chi connectivity index (χ4v) is 4.21. The van der Waals surface area contributed by atoms with Crippen LogP contribution >= 0.6 is 0 Å². The van der Waals surface area contributed by atoms with Crippen molar-refractivity contribution in [3.05, 3.63) is 53.5 Å². The highest BCUT2D eigenvalue weighted by Crippen LogP contribution is 2.40. The number of halogens is 1. The summed E-state index contributed by atoms with van der Waals surface area (Å²) in [5, 5.41) is 0. The number of ether oxygens (including phenoxy) is 1. The number of pyridine rings is 1. The number of nitrogens with zero attached hydrogens (tertiary/aromatic N) is 3. The molecule has 1 unspecified atom stereocenters. The van der Waals surface area contributed by atoms with E-state index in [2.05, 4.69) is 9.88 Å². The van der Waals surface area contributed by atoms with Gasteiger partial charge in [-0.2, -0.15) is 0 Å². The molecule has 1 amide bonds. The summed E-state index contributed by atoms with van der Waals surface area (Å²) in [6.07, 6.45) is 3.59. The molecule has 5 nitrogen and oxygen atoms in total. The number of methoxy groups -OCH3 is 1. The lowest BCUT2D eigenvalue weighted by molar-refractivity contribution is -0.128. The highest BCUT2D eigenvalue weighted by atomic mass is 19.1. The van der Waals surface area contributed by atoms with E-state index in [0.29, 0.717) is 18.5 Å². The minimum Gasteiger partial charge on any atom is -0.481 e. The second-order valence-corrected chi connectivity index (χ2v) is 7.19.